The Morgan fingerprint density at radius 2 is 1.04 bits per heavy atom. The van der Waals surface area contributed by atoms with Crippen LogP contribution in [0.25, 0.3) is 0 Å². The average Bonchev–Trinajstić information content (AvgIpc) is 3.78. The van der Waals surface area contributed by atoms with Crippen LogP contribution < -0.4 is 43.8 Å². The summed E-state index contributed by atoms with van der Waals surface area (Å²) in [7, 11) is 0. The van der Waals surface area contributed by atoms with Crippen LogP contribution in [-0.4, -0.2) is 66.5 Å². The summed E-state index contributed by atoms with van der Waals surface area (Å²) in [4.78, 5) is 17.5. The molecule has 0 unspecified atom stereocenters. The summed E-state index contributed by atoms with van der Waals surface area (Å²) in [6, 6.07) is 26.4. The maximum atomic E-state index is 8.76. The Balaban J connectivity index is 0.000000224. The van der Waals surface area contributed by atoms with Crippen molar-refractivity contribution in [3.05, 3.63) is 100 Å². The number of nitrogens with two attached hydrogens (primary N) is 3. The zero-order chi connectivity index (χ0) is 39.4. The molecule has 4 aromatic heterocycles. The van der Waals surface area contributed by atoms with E-state index in [1.165, 1.54) is 0 Å². The highest BCUT2D eigenvalue weighted by Gasteiger charge is 2.09. The van der Waals surface area contributed by atoms with E-state index in [4.69, 9.17) is 39.3 Å². The summed E-state index contributed by atoms with van der Waals surface area (Å²) in [5, 5.41) is 47.4. The van der Waals surface area contributed by atoms with Gasteiger partial charge in [0.15, 0.2) is 11.6 Å². The molecule has 55 heavy (non-hydrogen) atoms. The fourth-order valence-electron chi connectivity index (χ4n) is 4.47. The van der Waals surface area contributed by atoms with Crippen molar-refractivity contribution in [2.45, 2.75) is 26.7 Å². The van der Waals surface area contributed by atoms with Gasteiger partial charge in [-0.05, 0) is 49.2 Å². The van der Waals surface area contributed by atoms with E-state index in [9.17, 15) is 0 Å². The van der Waals surface area contributed by atoms with Crippen LogP contribution in [0, 0.1) is 36.5 Å². The van der Waals surface area contributed by atoms with Crippen LogP contribution in [0.15, 0.2) is 72.8 Å². The van der Waals surface area contributed by atoms with E-state index in [0.29, 0.717) is 85.2 Å². The molecule has 0 radical (unpaired) electrons. The lowest BCUT2D eigenvalue weighted by Gasteiger charge is -2.11. The first-order chi connectivity index (χ1) is 26.7. The Morgan fingerprint density at radius 3 is 1.45 bits per heavy atom. The minimum atomic E-state index is 0.309. The molecular weight excluding hydrogens is 720 g/mol. The topological polar surface area (TPSA) is 295 Å². The molecule has 0 fully saturated rings. The van der Waals surface area contributed by atoms with Gasteiger partial charge in [0.25, 0.3) is 0 Å². The highest BCUT2D eigenvalue weighted by molar-refractivity contribution is 6.29. The molecule has 0 saturated heterocycles. The molecule has 6 aromatic rings. The molecule has 2 aromatic carbocycles. The molecule has 4 heterocycles. The van der Waals surface area contributed by atoms with Crippen LogP contribution >= 0.6 is 11.6 Å². The highest BCUT2D eigenvalue weighted by Crippen LogP contribution is 2.23. The predicted molar refractivity (Wildman–Crippen MR) is 216 cm³/mol. The van der Waals surface area contributed by atoms with Crippen LogP contribution in [0.2, 0.25) is 5.15 Å². The maximum absolute atomic E-state index is 8.76. The minimum Gasteiger partial charge on any atom is -0.369 e. The van der Waals surface area contributed by atoms with Gasteiger partial charge in [-0.1, -0.05) is 35.9 Å². The largest absolute Gasteiger partial charge is 0.369 e. The molecule has 0 aliphatic rings. The van der Waals surface area contributed by atoms with Crippen molar-refractivity contribution in [2.24, 2.45) is 17.2 Å². The molecule has 284 valence electrons. The zero-order valence-electron chi connectivity index (χ0n) is 30.4. The van der Waals surface area contributed by atoms with Crippen LogP contribution in [0.1, 0.15) is 22.5 Å². The average molecular weight is 763 g/mol. The fourth-order valence-corrected chi connectivity index (χ4v) is 4.66. The van der Waals surface area contributed by atoms with Gasteiger partial charge in [0.05, 0.1) is 25.0 Å². The molecule has 0 bridgehead atoms. The molecule has 6 rings (SSSR count). The Morgan fingerprint density at radius 1 is 0.582 bits per heavy atom. The van der Waals surface area contributed by atoms with Crippen molar-refractivity contribution in [1.29, 1.82) is 10.5 Å². The third-order valence-electron chi connectivity index (χ3n) is 6.95. The zero-order valence-corrected chi connectivity index (χ0v) is 31.1. The highest BCUT2D eigenvalue weighted by atomic mass is 35.5. The summed E-state index contributed by atoms with van der Waals surface area (Å²) < 4.78 is 0. The van der Waals surface area contributed by atoms with Crippen molar-refractivity contribution in [2.75, 3.05) is 52.8 Å². The Hall–Kier alpha value is -6.83. The lowest BCUT2D eigenvalue weighted by atomic mass is 10.1. The Bertz CT molecular complexity index is 2150. The SMILES string of the molecule is Cc1cc(Nc2cc(Cl)nc(Nc3ccc(CC#N)cc3)n2)n[nH]1.Cc1cc(Nc2cc(NCCN)nc(Nc3ccc(CC#N)cc3)n2)n[nH]1.NCCN. The van der Waals surface area contributed by atoms with Gasteiger partial charge in [0.2, 0.25) is 11.9 Å². The van der Waals surface area contributed by atoms with E-state index in [0.717, 1.165) is 33.9 Å². The fraction of sp³-hybridized carbons (Fsp3) is 0.222. The van der Waals surface area contributed by atoms with Gasteiger partial charge in [-0.2, -0.15) is 35.7 Å². The van der Waals surface area contributed by atoms with Gasteiger partial charge >= 0.3 is 0 Å². The number of nitriles is 2. The van der Waals surface area contributed by atoms with E-state index in [1.807, 2.05) is 74.5 Å². The maximum Gasteiger partial charge on any atom is 0.231 e. The number of aryl methyl sites for hydroxylation is 2. The number of hydrogen-bond acceptors (Lipinski definition) is 16. The number of nitrogens with zero attached hydrogens (tertiary/aromatic N) is 8. The second kappa shape index (κ2) is 21.6. The molecule has 0 saturated carbocycles. The number of hydrogen-bond donors (Lipinski definition) is 10. The first-order valence-corrected chi connectivity index (χ1v) is 17.4. The second-order valence-corrected chi connectivity index (χ2v) is 12.0. The van der Waals surface area contributed by atoms with Gasteiger partial charge in [-0.15, -0.1) is 0 Å². The van der Waals surface area contributed by atoms with Crippen LogP contribution in [0.4, 0.5) is 52.4 Å². The van der Waals surface area contributed by atoms with Crippen molar-refractivity contribution < 1.29 is 0 Å². The number of halogens is 1. The summed E-state index contributed by atoms with van der Waals surface area (Å²) in [6.07, 6.45) is 0.761. The van der Waals surface area contributed by atoms with Crippen molar-refractivity contribution >= 4 is 64.0 Å². The van der Waals surface area contributed by atoms with Crippen molar-refractivity contribution in [3.63, 3.8) is 0 Å². The molecule has 19 heteroatoms. The molecule has 0 spiro atoms. The van der Waals surface area contributed by atoms with Gasteiger partial charge in [0.1, 0.15) is 22.6 Å². The summed E-state index contributed by atoms with van der Waals surface area (Å²) in [5.74, 6) is 3.89. The van der Waals surface area contributed by atoms with Gasteiger partial charge in [-0.25, -0.2) is 4.98 Å². The molecule has 0 aliphatic carbocycles. The molecule has 0 amide bonds. The Kier molecular flexibility index (Phi) is 16.1. The predicted octanol–water partition coefficient (Wildman–Crippen LogP) is 5.05. The number of aromatic amines is 2. The monoisotopic (exact) mass is 762 g/mol. The first kappa shape index (κ1) is 40.9. The normalized spacial score (nSPS) is 10.0. The summed E-state index contributed by atoms with van der Waals surface area (Å²) in [5.41, 5.74) is 20.8. The quantitative estimate of drug-likeness (QED) is 0.0649. The first-order valence-electron chi connectivity index (χ1n) is 17.0. The van der Waals surface area contributed by atoms with Crippen LogP contribution in [0.5, 0.6) is 0 Å². The van der Waals surface area contributed by atoms with Gasteiger partial charge in [-0.3, -0.25) is 10.2 Å². The smallest absolute Gasteiger partial charge is 0.231 e. The van der Waals surface area contributed by atoms with E-state index >= 15 is 0 Å². The lowest BCUT2D eigenvalue weighted by Crippen LogP contribution is -2.14. The van der Waals surface area contributed by atoms with Gasteiger partial charge < -0.3 is 43.8 Å². The molecule has 0 aliphatic heterocycles. The van der Waals surface area contributed by atoms with Crippen LogP contribution in [0.3, 0.4) is 0 Å². The number of benzene rings is 2. The molecule has 18 nitrogen and oxygen atoms in total. The third kappa shape index (κ3) is 14.3. The third-order valence-corrected chi connectivity index (χ3v) is 7.14. The number of rotatable bonds is 14. The van der Waals surface area contributed by atoms with Crippen molar-refractivity contribution in [1.82, 2.24) is 40.3 Å². The number of anilines is 9. The molecule has 13 N–H and O–H groups in total. The molecular formula is C36H43ClN18. The van der Waals surface area contributed by atoms with E-state index in [2.05, 4.69) is 79.1 Å². The Labute approximate surface area is 323 Å². The lowest BCUT2D eigenvalue weighted by molar-refractivity contribution is 0.976. The van der Waals surface area contributed by atoms with E-state index in [-0.39, 0.29) is 0 Å². The molecule has 0 atom stereocenters. The van der Waals surface area contributed by atoms with E-state index in [1.54, 1.807) is 12.1 Å². The number of nitrogens with one attached hydrogen (secondary N) is 7. The van der Waals surface area contributed by atoms with E-state index < -0.39 is 0 Å². The number of H-pyrrole nitrogens is 2. The van der Waals surface area contributed by atoms with Crippen LogP contribution in [-0.2, 0) is 12.8 Å². The second-order valence-electron chi connectivity index (χ2n) is 11.6. The summed E-state index contributed by atoms with van der Waals surface area (Å²) >= 11 is 6.06. The summed E-state index contributed by atoms with van der Waals surface area (Å²) in [6.45, 7) is 6.12. The standard InChI is InChI=1S/C18H21N9.C16H14ClN7.C2H8N2/c1-12-10-17(27-26-12)23-16-11-15(21-9-8-20)24-18(25-16)22-14-4-2-13(3-5-14)6-7-19;1-10-8-15(24-23-10)21-14-9-13(17)20-16(22-14)19-12-4-2-11(3-5-12)6-7-18;3-1-2-4/h2-5,10-11H,6,8-9,20H2,1H3,(H4,21,22,23,24,25,26,27);2-5,8-9H,6H2,1H3,(H3,19,20,21,22,23,24);1-4H2. The van der Waals surface area contributed by atoms with Crippen molar-refractivity contribution in [3.8, 4) is 12.1 Å². The van der Waals surface area contributed by atoms with Gasteiger partial charge in [0, 0.05) is 73.2 Å². The minimum absolute atomic E-state index is 0.309. The number of aromatic nitrogens is 8.